The van der Waals surface area contributed by atoms with Crippen molar-refractivity contribution in [2.75, 3.05) is 6.54 Å². The third-order valence-corrected chi connectivity index (χ3v) is 7.95. The monoisotopic (exact) mass is 478 g/mol. The predicted octanol–water partition coefficient (Wildman–Crippen LogP) is 4.03. The molecule has 1 aromatic heterocycles. The molecule has 2 aromatic carbocycles. The van der Waals surface area contributed by atoms with Gasteiger partial charge in [-0.3, -0.25) is 4.98 Å². The van der Waals surface area contributed by atoms with E-state index in [9.17, 15) is 0 Å². The largest absolute Gasteiger partial charge is 0.401 e. The molecule has 0 bridgehead atoms. The van der Waals surface area contributed by atoms with Crippen LogP contribution in [0.5, 0.6) is 0 Å². The number of rotatable bonds is 9. The highest BCUT2D eigenvalue weighted by molar-refractivity contribution is 7.79. The van der Waals surface area contributed by atoms with E-state index >= 15 is 0 Å². The van der Waals surface area contributed by atoms with Crippen molar-refractivity contribution in [3.05, 3.63) is 120 Å². The van der Waals surface area contributed by atoms with Crippen molar-refractivity contribution in [3.63, 3.8) is 0 Å². The normalized spacial score (nSPS) is 15.8. The van der Waals surface area contributed by atoms with Crippen molar-refractivity contribution in [2.45, 2.75) is 25.7 Å². The standard InChI is InChI=1S/C30H31N4P/c31-27(24-34(32)23-26-12-6-2-1-3-7-13-26)19-18-25-20-21-33-30(22-25)35(28-14-8-4-9-15-28)29-16-10-5-11-17-29/h2,4-6,8-12,14-17,20-22,24H,1,13,18-19,23,31-32H2/b6-2-,26-12+,27-24-. The van der Waals surface area contributed by atoms with E-state index in [1.54, 1.807) is 5.01 Å². The summed E-state index contributed by atoms with van der Waals surface area (Å²) in [5, 5.41) is 4.24. The average molecular weight is 479 g/mol. The van der Waals surface area contributed by atoms with Gasteiger partial charge >= 0.3 is 0 Å². The number of pyridine rings is 1. The molecule has 0 fully saturated rings. The topological polar surface area (TPSA) is 68.2 Å². The zero-order chi connectivity index (χ0) is 24.3. The highest BCUT2D eigenvalue weighted by Gasteiger charge is 2.17. The Balaban J connectivity index is 1.44. The number of benzene rings is 2. The van der Waals surface area contributed by atoms with E-state index in [-0.39, 0.29) is 0 Å². The molecule has 0 atom stereocenters. The van der Waals surface area contributed by atoms with Crippen LogP contribution in [0, 0.1) is 11.8 Å². The van der Waals surface area contributed by atoms with Crippen LogP contribution in [0.1, 0.15) is 24.8 Å². The zero-order valence-corrected chi connectivity index (χ0v) is 20.7. The van der Waals surface area contributed by atoms with Crippen molar-refractivity contribution in [3.8, 4) is 11.8 Å². The summed E-state index contributed by atoms with van der Waals surface area (Å²) < 4.78 is 0. The highest BCUT2D eigenvalue weighted by atomic mass is 31.1. The van der Waals surface area contributed by atoms with Crippen molar-refractivity contribution < 1.29 is 0 Å². The van der Waals surface area contributed by atoms with Crippen LogP contribution >= 0.6 is 7.92 Å². The second kappa shape index (κ2) is 12.7. The number of aromatic nitrogens is 1. The maximum atomic E-state index is 6.33. The third-order valence-electron chi connectivity index (χ3n) is 5.62. The van der Waals surface area contributed by atoms with E-state index in [4.69, 9.17) is 16.6 Å². The third kappa shape index (κ3) is 7.42. The van der Waals surface area contributed by atoms with Gasteiger partial charge in [0.15, 0.2) is 0 Å². The van der Waals surface area contributed by atoms with Crippen molar-refractivity contribution >= 4 is 24.0 Å². The molecular formula is C30H31N4P. The first-order valence-corrected chi connectivity index (χ1v) is 13.2. The molecule has 0 saturated heterocycles. The minimum Gasteiger partial charge on any atom is -0.401 e. The molecule has 35 heavy (non-hydrogen) atoms. The Bertz CT molecular complexity index is 1210. The number of hydrogen-bond acceptors (Lipinski definition) is 4. The summed E-state index contributed by atoms with van der Waals surface area (Å²) in [6.45, 7) is 0.609. The average Bonchev–Trinajstić information content (AvgIpc) is 2.86. The molecule has 0 radical (unpaired) electrons. The highest BCUT2D eigenvalue weighted by Crippen LogP contribution is 2.31. The van der Waals surface area contributed by atoms with Gasteiger partial charge in [0, 0.05) is 38.9 Å². The van der Waals surface area contributed by atoms with E-state index in [1.807, 2.05) is 18.5 Å². The van der Waals surface area contributed by atoms with Crippen LogP contribution < -0.4 is 27.6 Å². The Morgan fingerprint density at radius 2 is 1.71 bits per heavy atom. The second-order valence-corrected chi connectivity index (χ2v) is 10.6. The van der Waals surface area contributed by atoms with E-state index in [2.05, 4.69) is 96.8 Å². The molecule has 5 heteroatoms. The molecule has 1 aliphatic carbocycles. The van der Waals surface area contributed by atoms with Crippen LogP contribution in [-0.2, 0) is 6.42 Å². The van der Waals surface area contributed by atoms with Crippen LogP contribution in [0.3, 0.4) is 0 Å². The van der Waals surface area contributed by atoms with Gasteiger partial charge in [0.25, 0.3) is 0 Å². The first-order valence-electron chi connectivity index (χ1n) is 11.8. The lowest BCUT2D eigenvalue weighted by Gasteiger charge is -2.19. The molecule has 4 rings (SSSR count). The summed E-state index contributed by atoms with van der Waals surface area (Å²) in [6, 6.07) is 25.6. The molecule has 3 aromatic rings. The van der Waals surface area contributed by atoms with Crippen LogP contribution in [-0.4, -0.2) is 16.5 Å². The molecule has 0 amide bonds. The molecule has 4 nitrogen and oxygen atoms in total. The number of aryl methyl sites for hydroxylation is 1. The molecule has 0 unspecified atom stereocenters. The molecule has 0 aliphatic heterocycles. The van der Waals surface area contributed by atoms with Gasteiger partial charge in [0.1, 0.15) is 0 Å². The first kappa shape index (κ1) is 24.5. The van der Waals surface area contributed by atoms with E-state index in [0.29, 0.717) is 6.54 Å². The molecular weight excluding hydrogens is 447 g/mol. The Hall–Kier alpha value is -3.64. The van der Waals surface area contributed by atoms with Crippen molar-refractivity contribution in [1.82, 2.24) is 9.99 Å². The van der Waals surface area contributed by atoms with Gasteiger partial charge in [-0.1, -0.05) is 90.7 Å². The van der Waals surface area contributed by atoms with Crippen molar-refractivity contribution in [2.24, 2.45) is 11.6 Å². The minimum absolute atomic E-state index is 0.609. The van der Waals surface area contributed by atoms with Crippen LogP contribution in [0.2, 0.25) is 0 Å². The van der Waals surface area contributed by atoms with E-state index < -0.39 is 7.92 Å². The van der Waals surface area contributed by atoms with E-state index in [0.717, 1.165) is 36.8 Å². The second-order valence-electron chi connectivity index (χ2n) is 8.39. The predicted molar refractivity (Wildman–Crippen MR) is 149 cm³/mol. The summed E-state index contributed by atoms with van der Waals surface area (Å²) in [6.07, 6.45) is 13.0. The van der Waals surface area contributed by atoms with Crippen LogP contribution in [0.25, 0.3) is 0 Å². The van der Waals surface area contributed by atoms with Gasteiger partial charge in [-0.25, -0.2) is 5.84 Å². The SMILES string of the molecule is N/C(=C\N(N)C/C1=C/C=C\CC#CC1)CCc1ccnc(P(c2ccccc2)c2ccccc2)c1. The fourth-order valence-corrected chi connectivity index (χ4v) is 6.14. The lowest BCUT2D eigenvalue weighted by atomic mass is 10.1. The minimum atomic E-state index is -0.724. The zero-order valence-electron chi connectivity index (χ0n) is 19.8. The lowest BCUT2D eigenvalue weighted by Crippen LogP contribution is -2.28. The molecule has 1 aliphatic rings. The fraction of sp³-hybridized carbons (Fsp3) is 0.167. The first-order chi connectivity index (χ1) is 17.2. The van der Waals surface area contributed by atoms with Gasteiger partial charge < -0.3 is 10.7 Å². The van der Waals surface area contributed by atoms with Gasteiger partial charge in [0.2, 0.25) is 0 Å². The van der Waals surface area contributed by atoms with Gasteiger partial charge in [-0.05, 0) is 46.7 Å². The van der Waals surface area contributed by atoms with Gasteiger partial charge in [0.05, 0.1) is 12.0 Å². The number of nitrogens with zero attached hydrogens (tertiary/aromatic N) is 2. The molecule has 1 heterocycles. The van der Waals surface area contributed by atoms with Gasteiger partial charge in [-0.15, -0.1) is 0 Å². The Kier molecular flexibility index (Phi) is 8.90. The fourth-order valence-electron chi connectivity index (χ4n) is 3.90. The smallest absolute Gasteiger partial charge is 0.0723 e. The summed E-state index contributed by atoms with van der Waals surface area (Å²) in [5.74, 6) is 12.5. The van der Waals surface area contributed by atoms with E-state index in [1.165, 1.54) is 21.7 Å². The van der Waals surface area contributed by atoms with Crippen LogP contribution in [0.4, 0.5) is 0 Å². The number of allylic oxidation sites excluding steroid dienone is 4. The number of hydrogen-bond donors (Lipinski definition) is 2. The number of nitrogens with two attached hydrogens (primary N) is 2. The summed E-state index contributed by atoms with van der Waals surface area (Å²) >= 11 is 0. The van der Waals surface area contributed by atoms with Crippen molar-refractivity contribution in [1.29, 1.82) is 0 Å². The molecule has 176 valence electrons. The molecule has 4 N–H and O–H groups in total. The Morgan fingerprint density at radius 3 is 2.43 bits per heavy atom. The number of hydrazine groups is 1. The quantitative estimate of drug-likeness (QED) is 0.211. The summed E-state index contributed by atoms with van der Waals surface area (Å²) in [4.78, 5) is 4.78. The Morgan fingerprint density at radius 1 is 1.00 bits per heavy atom. The van der Waals surface area contributed by atoms with Gasteiger partial charge in [-0.2, -0.15) is 0 Å². The summed E-state index contributed by atoms with van der Waals surface area (Å²) in [5.41, 5.74) is 10.6. The maximum Gasteiger partial charge on any atom is 0.0723 e. The molecule has 0 saturated carbocycles. The lowest BCUT2D eigenvalue weighted by molar-refractivity contribution is 0.420. The van der Waals surface area contributed by atoms with Crippen LogP contribution in [0.15, 0.2) is 115 Å². The maximum absolute atomic E-state index is 6.33. The Labute approximate surface area is 209 Å². The molecule has 0 spiro atoms. The summed E-state index contributed by atoms with van der Waals surface area (Å²) in [7, 11) is -0.724.